The van der Waals surface area contributed by atoms with Gasteiger partial charge in [0.05, 0.1) is 12.3 Å². The second-order valence-corrected chi connectivity index (χ2v) is 5.38. The quantitative estimate of drug-likeness (QED) is 0.877. The number of rotatable bonds is 4. The highest BCUT2D eigenvalue weighted by Crippen LogP contribution is 2.19. The Balaban J connectivity index is 2.79. The lowest BCUT2D eigenvalue weighted by molar-refractivity contribution is 0.159. The van der Waals surface area contributed by atoms with Crippen LogP contribution in [-0.2, 0) is 14.9 Å². The first-order chi connectivity index (χ1) is 8.34. The third kappa shape index (κ3) is 4.49. The van der Waals surface area contributed by atoms with Gasteiger partial charge in [0.15, 0.2) is 0 Å². The molecule has 0 radical (unpaired) electrons. The van der Waals surface area contributed by atoms with E-state index in [4.69, 9.17) is 0 Å². The van der Waals surface area contributed by atoms with Gasteiger partial charge in [-0.3, -0.25) is 4.72 Å². The molecular formula is C9H10BrFN2O4S. The van der Waals surface area contributed by atoms with Crippen LogP contribution in [0.2, 0.25) is 0 Å². The van der Waals surface area contributed by atoms with E-state index < -0.39 is 22.1 Å². The number of carbonyl (C=O) groups is 1. The predicted octanol–water partition coefficient (Wildman–Crippen LogP) is 1.99. The molecule has 0 spiro atoms. The van der Waals surface area contributed by atoms with E-state index in [-0.39, 0.29) is 12.3 Å². The number of hydrogen-bond donors (Lipinski definition) is 2. The van der Waals surface area contributed by atoms with E-state index in [1.807, 2.05) is 4.72 Å². The Morgan fingerprint density at radius 3 is 2.72 bits per heavy atom. The maximum Gasteiger partial charge on any atom is 0.422 e. The summed E-state index contributed by atoms with van der Waals surface area (Å²) in [4.78, 5) is 10.9. The highest BCUT2D eigenvalue weighted by molar-refractivity contribution is 9.10. The van der Waals surface area contributed by atoms with Gasteiger partial charge in [-0.15, -0.1) is 0 Å². The highest BCUT2D eigenvalue weighted by atomic mass is 79.9. The second kappa shape index (κ2) is 6.01. The largest absolute Gasteiger partial charge is 0.449 e. The molecule has 100 valence electrons. The van der Waals surface area contributed by atoms with Crippen LogP contribution >= 0.6 is 15.9 Å². The molecule has 6 nitrogen and oxygen atoms in total. The van der Waals surface area contributed by atoms with E-state index in [0.717, 1.165) is 6.07 Å². The van der Waals surface area contributed by atoms with Gasteiger partial charge in [-0.2, -0.15) is 8.42 Å². The van der Waals surface area contributed by atoms with Crippen LogP contribution in [0.1, 0.15) is 6.92 Å². The Kier molecular flexibility index (Phi) is 4.91. The molecule has 0 saturated heterocycles. The minimum atomic E-state index is -4.22. The number of halogens is 2. The second-order valence-electron chi connectivity index (χ2n) is 3.05. The minimum absolute atomic E-state index is 0.0218. The summed E-state index contributed by atoms with van der Waals surface area (Å²) in [6.45, 7) is 1.54. The first-order valence-corrected chi connectivity index (χ1v) is 7.04. The molecule has 1 aromatic carbocycles. The average Bonchev–Trinajstić information content (AvgIpc) is 2.21. The SMILES string of the molecule is CCOC(=O)NS(=O)(=O)Nc1ccc(Br)cc1F. The molecule has 0 aromatic heterocycles. The van der Waals surface area contributed by atoms with E-state index in [2.05, 4.69) is 20.7 Å². The Morgan fingerprint density at radius 2 is 2.17 bits per heavy atom. The van der Waals surface area contributed by atoms with E-state index in [1.54, 1.807) is 4.72 Å². The molecule has 9 heteroatoms. The maximum absolute atomic E-state index is 13.4. The fraction of sp³-hybridized carbons (Fsp3) is 0.222. The summed E-state index contributed by atoms with van der Waals surface area (Å²) in [5.41, 5.74) is -0.282. The molecule has 0 aliphatic rings. The summed E-state index contributed by atoms with van der Waals surface area (Å²) in [6.07, 6.45) is -1.14. The number of benzene rings is 1. The zero-order valence-electron chi connectivity index (χ0n) is 9.24. The lowest BCUT2D eigenvalue weighted by atomic mass is 10.3. The van der Waals surface area contributed by atoms with E-state index in [9.17, 15) is 17.6 Å². The molecule has 0 unspecified atom stereocenters. The van der Waals surface area contributed by atoms with Crippen LogP contribution in [0.25, 0.3) is 0 Å². The Labute approximate surface area is 112 Å². The number of carbonyl (C=O) groups excluding carboxylic acids is 1. The molecule has 0 saturated carbocycles. The zero-order valence-corrected chi connectivity index (χ0v) is 11.6. The Morgan fingerprint density at radius 1 is 1.50 bits per heavy atom. The summed E-state index contributed by atoms with van der Waals surface area (Å²) in [5.74, 6) is -0.779. The molecular weight excluding hydrogens is 331 g/mol. The van der Waals surface area contributed by atoms with Gasteiger partial charge in [0.25, 0.3) is 0 Å². The fourth-order valence-electron chi connectivity index (χ4n) is 1.01. The monoisotopic (exact) mass is 340 g/mol. The van der Waals surface area contributed by atoms with Gasteiger partial charge >= 0.3 is 16.3 Å². The Hall–Kier alpha value is -1.35. The number of ether oxygens (including phenoxy) is 1. The summed E-state index contributed by atoms with van der Waals surface area (Å²) in [7, 11) is -4.22. The van der Waals surface area contributed by atoms with Crippen molar-refractivity contribution in [3.63, 3.8) is 0 Å². The van der Waals surface area contributed by atoms with E-state index in [0.29, 0.717) is 4.47 Å². The van der Waals surface area contributed by atoms with E-state index >= 15 is 0 Å². The van der Waals surface area contributed by atoms with Crippen molar-refractivity contribution in [2.24, 2.45) is 0 Å². The first-order valence-electron chi connectivity index (χ1n) is 4.76. The lowest BCUT2D eigenvalue weighted by Crippen LogP contribution is -2.35. The van der Waals surface area contributed by atoms with Crippen molar-refractivity contribution in [3.05, 3.63) is 28.5 Å². The fourth-order valence-corrected chi connectivity index (χ4v) is 2.13. The van der Waals surface area contributed by atoms with Gasteiger partial charge in [-0.05, 0) is 25.1 Å². The summed E-state index contributed by atoms with van der Waals surface area (Å²) in [5, 5.41) is 0. The zero-order chi connectivity index (χ0) is 13.8. The van der Waals surface area contributed by atoms with Crippen molar-refractivity contribution in [3.8, 4) is 0 Å². The molecule has 0 fully saturated rings. The number of hydrogen-bond acceptors (Lipinski definition) is 4. The van der Waals surface area contributed by atoms with Crippen LogP contribution in [0.4, 0.5) is 14.9 Å². The van der Waals surface area contributed by atoms with Crippen LogP contribution in [0.15, 0.2) is 22.7 Å². The summed E-state index contributed by atoms with van der Waals surface area (Å²) < 4.78 is 44.5. The van der Waals surface area contributed by atoms with Crippen molar-refractivity contribution < 1.29 is 22.3 Å². The van der Waals surface area contributed by atoms with Gasteiger partial charge in [-0.1, -0.05) is 15.9 Å². The van der Waals surface area contributed by atoms with Crippen LogP contribution < -0.4 is 9.44 Å². The average molecular weight is 341 g/mol. The molecule has 1 rings (SSSR count). The van der Waals surface area contributed by atoms with Crippen LogP contribution in [0.3, 0.4) is 0 Å². The van der Waals surface area contributed by atoms with Gasteiger partial charge in [-0.25, -0.2) is 13.9 Å². The first kappa shape index (κ1) is 14.7. The smallest absolute Gasteiger partial charge is 0.422 e. The molecule has 1 aromatic rings. The van der Waals surface area contributed by atoms with Crippen LogP contribution in [0, 0.1) is 5.82 Å². The van der Waals surface area contributed by atoms with Gasteiger partial charge in [0, 0.05) is 4.47 Å². The normalized spacial score (nSPS) is 10.8. The molecule has 1 amide bonds. The minimum Gasteiger partial charge on any atom is -0.449 e. The van der Waals surface area contributed by atoms with Crippen molar-refractivity contribution in [2.75, 3.05) is 11.3 Å². The van der Waals surface area contributed by atoms with Crippen LogP contribution in [-0.4, -0.2) is 21.1 Å². The third-order valence-electron chi connectivity index (χ3n) is 1.67. The molecule has 0 aliphatic heterocycles. The van der Waals surface area contributed by atoms with E-state index in [1.165, 1.54) is 19.1 Å². The molecule has 2 N–H and O–H groups in total. The van der Waals surface area contributed by atoms with Gasteiger partial charge in [0.2, 0.25) is 0 Å². The molecule has 0 bridgehead atoms. The molecule has 0 aliphatic carbocycles. The van der Waals surface area contributed by atoms with Gasteiger partial charge in [0.1, 0.15) is 5.82 Å². The topological polar surface area (TPSA) is 84.5 Å². The number of amides is 1. The van der Waals surface area contributed by atoms with Crippen molar-refractivity contribution in [1.29, 1.82) is 0 Å². The predicted molar refractivity (Wildman–Crippen MR) is 66.8 cm³/mol. The maximum atomic E-state index is 13.4. The molecule has 18 heavy (non-hydrogen) atoms. The summed E-state index contributed by atoms with van der Waals surface area (Å²) >= 11 is 3.03. The molecule has 0 atom stereocenters. The van der Waals surface area contributed by atoms with Crippen molar-refractivity contribution >= 4 is 37.9 Å². The highest BCUT2D eigenvalue weighted by Gasteiger charge is 2.16. The summed E-state index contributed by atoms with van der Waals surface area (Å²) in [6, 6.07) is 3.75. The molecule has 0 heterocycles. The number of nitrogens with one attached hydrogen (secondary N) is 2. The lowest BCUT2D eigenvalue weighted by Gasteiger charge is -2.09. The third-order valence-corrected chi connectivity index (χ3v) is 3.09. The van der Waals surface area contributed by atoms with Crippen molar-refractivity contribution in [2.45, 2.75) is 6.92 Å². The number of anilines is 1. The van der Waals surface area contributed by atoms with Gasteiger partial charge < -0.3 is 4.74 Å². The standard InChI is InChI=1S/C9H10BrFN2O4S/c1-2-17-9(14)13-18(15,16)12-8-4-3-6(10)5-7(8)11/h3-5,12H,2H2,1H3,(H,13,14). The van der Waals surface area contributed by atoms with Crippen LogP contribution in [0.5, 0.6) is 0 Å². The Bertz CT molecular complexity index is 549. The van der Waals surface area contributed by atoms with Crippen molar-refractivity contribution in [1.82, 2.24) is 4.72 Å².